The second-order valence-electron chi connectivity index (χ2n) is 22.2. The van der Waals surface area contributed by atoms with Crippen LogP contribution in [0.5, 0.6) is 0 Å². The molecule has 14 heteroatoms. The van der Waals surface area contributed by atoms with Crippen molar-refractivity contribution in [1.82, 2.24) is 35.2 Å². The predicted molar refractivity (Wildman–Crippen MR) is 216 cm³/mol. The molecule has 54 heavy (non-hydrogen) atoms. The van der Waals surface area contributed by atoms with Gasteiger partial charge in [0.05, 0.1) is 0 Å². The molecule has 4 aliphatic rings. The van der Waals surface area contributed by atoms with E-state index in [9.17, 15) is 20.8 Å². The number of piperidine rings is 4. The standard InChI is InChI=1S/C40H75N9O4S/c1-33(2)18-26(19-34(3,4)46(33)50)44(27-20-35(5,6)47(51)36(7,8)21-27)30-41-31(43-32(42-30)54-17)45(28-22-37(9,10)48(52)38(11,12)23-28)29-24-39(13,14)49(53)40(15,16)25-29/h26-29,50-53H,18-25H2,1-17H3. The summed E-state index contributed by atoms with van der Waals surface area (Å²) in [6.45, 7) is 33.6. The van der Waals surface area contributed by atoms with Gasteiger partial charge >= 0.3 is 0 Å². The second kappa shape index (κ2) is 13.9. The quantitative estimate of drug-likeness (QED) is 0.200. The van der Waals surface area contributed by atoms with Gasteiger partial charge in [0.1, 0.15) is 0 Å². The number of nitrogens with zero attached hydrogens (tertiary/aromatic N) is 9. The molecular weight excluding hydrogens is 703 g/mol. The molecule has 0 saturated carbocycles. The van der Waals surface area contributed by atoms with Crippen LogP contribution < -0.4 is 9.80 Å². The largest absolute Gasteiger partial charge is 0.334 e. The van der Waals surface area contributed by atoms with E-state index in [-0.39, 0.29) is 24.2 Å². The van der Waals surface area contributed by atoms with Gasteiger partial charge < -0.3 is 30.6 Å². The van der Waals surface area contributed by atoms with Gasteiger partial charge in [-0.15, -0.1) is 0 Å². The van der Waals surface area contributed by atoms with Crippen molar-refractivity contribution in [1.29, 1.82) is 0 Å². The lowest BCUT2D eigenvalue weighted by Crippen LogP contribution is -2.68. The van der Waals surface area contributed by atoms with Gasteiger partial charge in [-0.1, -0.05) is 11.8 Å². The Morgan fingerprint density at radius 2 is 0.593 bits per heavy atom. The number of hydrogen-bond donors (Lipinski definition) is 4. The molecule has 1 aromatic heterocycles. The minimum absolute atomic E-state index is 0.00959. The van der Waals surface area contributed by atoms with Crippen molar-refractivity contribution in [3.63, 3.8) is 0 Å². The topological polar surface area (TPSA) is 139 Å². The molecule has 0 unspecified atom stereocenters. The van der Waals surface area contributed by atoms with Gasteiger partial charge in [0.25, 0.3) is 0 Å². The smallest absolute Gasteiger partial charge is 0.231 e. The summed E-state index contributed by atoms with van der Waals surface area (Å²) in [7, 11) is 0. The van der Waals surface area contributed by atoms with Crippen LogP contribution in [0.3, 0.4) is 0 Å². The van der Waals surface area contributed by atoms with E-state index in [1.54, 1.807) is 0 Å². The molecular formula is C40H75N9O4S. The van der Waals surface area contributed by atoms with E-state index in [2.05, 4.69) is 121 Å². The fourth-order valence-electron chi connectivity index (χ4n) is 11.6. The highest BCUT2D eigenvalue weighted by Crippen LogP contribution is 2.48. The van der Waals surface area contributed by atoms with Gasteiger partial charge in [-0.2, -0.15) is 35.2 Å². The van der Waals surface area contributed by atoms with Gasteiger partial charge in [0.2, 0.25) is 11.9 Å². The van der Waals surface area contributed by atoms with Gasteiger partial charge in [0, 0.05) is 68.5 Å². The maximum Gasteiger partial charge on any atom is 0.231 e. The van der Waals surface area contributed by atoms with Gasteiger partial charge in [-0.25, -0.2) is 0 Å². The molecule has 0 atom stereocenters. The summed E-state index contributed by atoms with van der Waals surface area (Å²) in [6.07, 6.45) is 7.58. The Balaban J connectivity index is 1.74. The SMILES string of the molecule is CSc1nc(N(C2CC(C)(C)N(O)C(C)(C)C2)C2CC(C)(C)N(O)C(C)(C)C2)nc(N(C2CC(C)(C)N(O)C(C)(C)C2)C2CC(C)(C)N(O)C(C)(C)C2)n1. The van der Waals surface area contributed by atoms with E-state index >= 15 is 0 Å². The first kappa shape index (κ1) is 43.8. The van der Waals surface area contributed by atoms with Crippen molar-refractivity contribution >= 4 is 23.7 Å². The Labute approximate surface area is 330 Å². The van der Waals surface area contributed by atoms with Crippen LogP contribution >= 0.6 is 11.8 Å². The van der Waals surface area contributed by atoms with Crippen molar-refractivity contribution in [3.8, 4) is 0 Å². The Hall–Kier alpha value is -1.36. The van der Waals surface area contributed by atoms with Crippen molar-refractivity contribution in [2.24, 2.45) is 0 Å². The number of rotatable bonds is 7. The number of hydroxylamine groups is 8. The lowest BCUT2D eigenvalue weighted by atomic mass is 9.74. The maximum absolute atomic E-state index is 11.4. The van der Waals surface area contributed by atoms with Crippen LogP contribution in [0, 0.1) is 0 Å². The van der Waals surface area contributed by atoms with Crippen LogP contribution in [0.15, 0.2) is 5.16 Å². The fraction of sp³-hybridized carbons (Fsp3) is 0.925. The summed E-state index contributed by atoms with van der Waals surface area (Å²) in [4.78, 5) is 20.9. The normalized spacial score (nSPS) is 29.3. The maximum atomic E-state index is 11.4. The molecule has 5 rings (SSSR count). The van der Waals surface area contributed by atoms with Gasteiger partial charge in [-0.3, -0.25) is 0 Å². The van der Waals surface area contributed by atoms with E-state index < -0.39 is 44.3 Å². The minimum Gasteiger partial charge on any atom is -0.334 e. The van der Waals surface area contributed by atoms with E-state index in [1.165, 1.54) is 32.0 Å². The van der Waals surface area contributed by atoms with Gasteiger partial charge in [0.15, 0.2) is 5.16 Å². The zero-order valence-corrected chi connectivity index (χ0v) is 37.5. The summed E-state index contributed by atoms with van der Waals surface area (Å²) < 4.78 is 0. The van der Waals surface area contributed by atoms with Crippen LogP contribution in [0.25, 0.3) is 0 Å². The molecule has 4 aliphatic heterocycles. The molecule has 4 saturated heterocycles. The molecule has 5 heterocycles. The van der Waals surface area contributed by atoms with Crippen LogP contribution in [-0.2, 0) is 0 Å². The molecule has 0 amide bonds. The first-order chi connectivity index (χ1) is 24.3. The Kier molecular flexibility index (Phi) is 11.3. The number of thioether (sulfide) groups is 1. The Bertz CT molecular complexity index is 1270. The van der Waals surface area contributed by atoms with Crippen molar-refractivity contribution in [3.05, 3.63) is 0 Å². The van der Waals surface area contributed by atoms with E-state index in [0.717, 1.165) is 0 Å². The lowest BCUT2D eigenvalue weighted by molar-refractivity contribution is -0.251. The van der Waals surface area contributed by atoms with E-state index in [0.29, 0.717) is 68.4 Å². The van der Waals surface area contributed by atoms with Crippen LogP contribution in [-0.4, -0.2) is 131 Å². The van der Waals surface area contributed by atoms with E-state index in [1.807, 2.05) is 6.26 Å². The number of anilines is 2. The molecule has 1 aromatic rings. The predicted octanol–water partition coefficient (Wildman–Crippen LogP) is 7.85. The third-order valence-corrected chi connectivity index (χ3v) is 13.8. The molecule has 4 fully saturated rings. The van der Waals surface area contributed by atoms with Crippen LogP contribution in [0.2, 0.25) is 0 Å². The second-order valence-corrected chi connectivity index (χ2v) is 23.0. The first-order valence-electron chi connectivity index (χ1n) is 20.1. The summed E-state index contributed by atoms with van der Waals surface area (Å²) >= 11 is 1.51. The van der Waals surface area contributed by atoms with Crippen molar-refractivity contribution in [2.45, 2.75) is 236 Å². The highest BCUT2D eigenvalue weighted by atomic mass is 32.2. The summed E-state index contributed by atoms with van der Waals surface area (Å²) in [5.41, 5.74) is -4.09. The third kappa shape index (κ3) is 8.03. The van der Waals surface area contributed by atoms with Crippen LogP contribution in [0.4, 0.5) is 11.9 Å². The number of hydrogen-bond acceptors (Lipinski definition) is 14. The average Bonchev–Trinajstić information content (AvgIpc) is 2.99. The molecule has 0 aromatic carbocycles. The molecule has 0 bridgehead atoms. The summed E-state index contributed by atoms with van der Waals surface area (Å²) in [5, 5.41) is 52.4. The van der Waals surface area contributed by atoms with Crippen molar-refractivity contribution in [2.75, 3.05) is 16.1 Å². The van der Waals surface area contributed by atoms with Crippen LogP contribution in [0.1, 0.15) is 162 Å². The minimum atomic E-state index is -0.511. The fourth-order valence-corrected chi connectivity index (χ4v) is 11.9. The first-order valence-corrected chi connectivity index (χ1v) is 21.3. The van der Waals surface area contributed by atoms with Crippen molar-refractivity contribution < 1.29 is 20.8 Å². The third-order valence-electron chi connectivity index (χ3n) is 13.3. The molecule has 0 radical (unpaired) electrons. The Morgan fingerprint density at radius 1 is 0.407 bits per heavy atom. The molecule has 13 nitrogen and oxygen atoms in total. The summed E-state index contributed by atoms with van der Waals surface area (Å²) in [5.74, 6) is 1.24. The zero-order chi connectivity index (χ0) is 41.0. The number of aromatic nitrogens is 3. The molecule has 4 N–H and O–H groups in total. The van der Waals surface area contributed by atoms with Gasteiger partial charge in [-0.05, 0) is 168 Å². The lowest BCUT2D eigenvalue weighted by Gasteiger charge is -2.59. The highest BCUT2D eigenvalue weighted by Gasteiger charge is 2.55. The zero-order valence-electron chi connectivity index (χ0n) is 36.7. The monoisotopic (exact) mass is 778 g/mol. The highest BCUT2D eigenvalue weighted by molar-refractivity contribution is 7.98. The Morgan fingerprint density at radius 3 is 0.759 bits per heavy atom. The molecule has 0 spiro atoms. The summed E-state index contributed by atoms with van der Waals surface area (Å²) in [6, 6.07) is -0.0384. The molecule has 310 valence electrons. The molecule has 0 aliphatic carbocycles. The average molecular weight is 778 g/mol. The van der Waals surface area contributed by atoms with E-state index in [4.69, 9.17) is 15.0 Å².